The molecule has 1 aromatic carbocycles. The van der Waals surface area contributed by atoms with Gasteiger partial charge in [-0.25, -0.2) is 0 Å². The van der Waals surface area contributed by atoms with Crippen molar-refractivity contribution in [3.63, 3.8) is 0 Å². The minimum Gasteiger partial charge on any atom is -0.310 e. The molecule has 0 bridgehead atoms. The van der Waals surface area contributed by atoms with Gasteiger partial charge < -0.3 is 5.32 Å². The molecular formula is C18H28BrN. The van der Waals surface area contributed by atoms with Crippen LogP contribution in [0.3, 0.4) is 0 Å². The minimum absolute atomic E-state index is 0.482. The Bertz CT molecular complexity index is 400. The van der Waals surface area contributed by atoms with Gasteiger partial charge in [-0.05, 0) is 56.3 Å². The SMILES string of the molecule is C=CCCCCCC(NCCC)c1ccc(C)c(Br)c1. The van der Waals surface area contributed by atoms with Gasteiger partial charge >= 0.3 is 0 Å². The Hall–Kier alpha value is -0.600. The fraction of sp³-hybridized carbons (Fsp3) is 0.556. The summed E-state index contributed by atoms with van der Waals surface area (Å²) >= 11 is 3.65. The van der Waals surface area contributed by atoms with Crippen molar-refractivity contribution in [1.82, 2.24) is 5.32 Å². The zero-order chi connectivity index (χ0) is 14.8. The lowest BCUT2D eigenvalue weighted by atomic mass is 9.99. The molecular weight excluding hydrogens is 310 g/mol. The zero-order valence-electron chi connectivity index (χ0n) is 12.9. The van der Waals surface area contributed by atoms with E-state index in [0.717, 1.165) is 13.0 Å². The molecule has 0 spiro atoms. The van der Waals surface area contributed by atoms with E-state index in [1.165, 1.54) is 47.7 Å². The van der Waals surface area contributed by atoms with Gasteiger partial charge in [0.2, 0.25) is 0 Å². The highest BCUT2D eigenvalue weighted by Gasteiger charge is 2.11. The first-order chi connectivity index (χ1) is 9.69. The number of hydrogen-bond donors (Lipinski definition) is 1. The highest BCUT2D eigenvalue weighted by molar-refractivity contribution is 9.10. The molecule has 0 aliphatic carbocycles. The van der Waals surface area contributed by atoms with Crippen molar-refractivity contribution in [2.24, 2.45) is 0 Å². The summed E-state index contributed by atoms with van der Waals surface area (Å²) in [5.41, 5.74) is 2.70. The average Bonchev–Trinajstić information content (AvgIpc) is 2.45. The van der Waals surface area contributed by atoms with E-state index in [-0.39, 0.29) is 0 Å². The van der Waals surface area contributed by atoms with Crippen LogP contribution in [0.4, 0.5) is 0 Å². The van der Waals surface area contributed by atoms with Crippen LogP contribution in [0.1, 0.15) is 62.6 Å². The first-order valence-electron chi connectivity index (χ1n) is 7.79. The van der Waals surface area contributed by atoms with Gasteiger partial charge in [-0.2, -0.15) is 0 Å². The van der Waals surface area contributed by atoms with Crippen LogP contribution in [0.25, 0.3) is 0 Å². The number of unbranched alkanes of at least 4 members (excludes halogenated alkanes) is 3. The quantitative estimate of drug-likeness (QED) is 0.411. The van der Waals surface area contributed by atoms with Crippen molar-refractivity contribution >= 4 is 15.9 Å². The van der Waals surface area contributed by atoms with Crippen molar-refractivity contribution in [3.05, 3.63) is 46.5 Å². The van der Waals surface area contributed by atoms with Crippen molar-refractivity contribution < 1.29 is 0 Å². The zero-order valence-corrected chi connectivity index (χ0v) is 14.5. The molecule has 0 aliphatic heterocycles. The van der Waals surface area contributed by atoms with Crippen molar-refractivity contribution in [2.75, 3.05) is 6.54 Å². The van der Waals surface area contributed by atoms with Crippen LogP contribution in [0.5, 0.6) is 0 Å². The number of hydrogen-bond acceptors (Lipinski definition) is 1. The maximum absolute atomic E-state index is 3.78. The monoisotopic (exact) mass is 337 g/mol. The maximum Gasteiger partial charge on any atom is 0.0320 e. The lowest BCUT2D eigenvalue weighted by Crippen LogP contribution is -2.22. The standard InChI is InChI=1S/C18H28BrN/c1-4-6-7-8-9-10-18(20-13-5-2)16-12-11-15(3)17(19)14-16/h4,11-12,14,18,20H,1,5-10,13H2,2-3H3. The summed E-state index contributed by atoms with van der Waals surface area (Å²) in [5, 5.41) is 3.68. The lowest BCUT2D eigenvalue weighted by Gasteiger charge is -2.20. The molecule has 0 aliphatic rings. The first-order valence-corrected chi connectivity index (χ1v) is 8.58. The van der Waals surface area contributed by atoms with Crippen LogP contribution < -0.4 is 5.32 Å². The Morgan fingerprint density at radius 3 is 2.75 bits per heavy atom. The van der Waals surface area contributed by atoms with Crippen LogP contribution in [-0.2, 0) is 0 Å². The Labute approximate surface area is 133 Å². The summed E-state index contributed by atoms with van der Waals surface area (Å²) in [6.45, 7) is 9.23. The second kappa shape index (κ2) is 10.2. The van der Waals surface area contributed by atoms with Gasteiger partial charge in [0.1, 0.15) is 0 Å². The van der Waals surface area contributed by atoms with Crippen LogP contribution in [0.2, 0.25) is 0 Å². The third kappa shape index (κ3) is 6.23. The molecule has 0 heterocycles. The van der Waals surface area contributed by atoms with Gasteiger partial charge in [0.25, 0.3) is 0 Å². The number of halogens is 1. The molecule has 0 fully saturated rings. The fourth-order valence-corrected chi connectivity index (χ4v) is 2.74. The van der Waals surface area contributed by atoms with Gasteiger partial charge in [0.15, 0.2) is 0 Å². The number of rotatable bonds is 10. The molecule has 1 unspecified atom stereocenters. The minimum atomic E-state index is 0.482. The summed E-state index contributed by atoms with van der Waals surface area (Å²) in [6.07, 6.45) is 9.39. The van der Waals surface area contributed by atoms with E-state index in [2.05, 4.69) is 59.9 Å². The summed E-state index contributed by atoms with van der Waals surface area (Å²) in [4.78, 5) is 0. The van der Waals surface area contributed by atoms with Gasteiger partial charge in [-0.15, -0.1) is 6.58 Å². The summed E-state index contributed by atoms with van der Waals surface area (Å²) < 4.78 is 1.21. The van der Waals surface area contributed by atoms with Gasteiger partial charge in [0.05, 0.1) is 0 Å². The maximum atomic E-state index is 3.78. The van der Waals surface area contributed by atoms with Crippen molar-refractivity contribution in [1.29, 1.82) is 0 Å². The highest BCUT2D eigenvalue weighted by Crippen LogP contribution is 2.25. The molecule has 0 aromatic heterocycles. The van der Waals surface area contributed by atoms with Crippen molar-refractivity contribution in [3.8, 4) is 0 Å². The summed E-state index contributed by atoms with van der Waals surface area (Å²) in [5.74, 6) is 0. The van der Waals surface area contributed by atoms with Gasteiger partial charge in [-0.1, -0.05) is 53.9 Å². The normalized spacial score (nSPS) is 12.3. The van der Waals surface area contributed by atoms with E-state index >= 15 is 0 Å². The molecule has 0 saturated heterocycles. The second-order valence-corrected chi connectivity index (χ2v) is 6.30. The Morgan fingerprint density at radius 1 is 1.30 bits per heavy atom. The molecule has 0 saturated carbocycles. The summed E-state index contributed by atoms with van der Waals surface area (Å²) in [6, 6.07) is 7.22. The van der Waals surface area contributed by atoms with E-state index < -0.39 is 0 Å². The smallest absolute Gasteiger partial charge is 0.0320 e. The van der Waals surface area contributed by atoms with Gasteiger partial charge in [-0.3, -0.25) is 0 Å². The Kier molecular flexibility index (Phi) is 8.88. The molecule has 2 heteroatoms. The molecule has 0 radical (unpaired) electrons. The molecule has 1 nitrogen and oxygen atoms in total. The van der Waals surface area contributed by atoms with E-state index in [9.17, 15) is 0 Å². The second-order valence-electron chi connectivity index (χ2n) is 5.44. The number of nitrogens with one attached hydrogen (secondary N) is 1. The first kappa shape index (κ1) is 17.5. The molecule has 20 heavy (non-hydrogen) atoms. The van der Waals surface area contributed by atoms with Crippen LogP contribution >= 0.6 is 15.9 Å². The van der Waals surface area contributed by atoms with Crippen LogP contribution in [-0.4, -0.2) is 6.54 Å². The topological polar surface area (TPSA) is 12.0 Å². The van der Waals surface area contributed by atoms with Gasteiger partial charge in [0, 0.05) is 10.5 Å². The van der Waals surface area contributed by atoms with E-state index in [1.807, 2.05) is 6.08 Å². The molecule has 0 amide bonds. The molecule has 1 aromatic rings. The average molecular weight is 338 g/mol. The molecule has 1 N–H and O–H groups in total. The van der Waals surface area contributed by atoms with E-state index in [4.69, 9.17) is 0 Å². The molecule has 1 atom stereocenters. The predicted molar refractivity (Wildman–Crippen MR) is 93.2 cm³/mol. The molecule has 112 valence electrons. The third-order valence-corrected chi connectivity index (χ3v) is 4.49. The highest BCUT2D eigenvalue weighted by atomic mass is 79.9. The number of aryl methyl sites for hydroxylation is 1. The fourth-order valence-electron chi connectivity index (χ4n) is 2.34. The van der Waals surface area contributed by atoms with Crippen molar-refractivity contribution in [2.45, 2.75) is 58.4 Å². The Balaban J connectivity index is 2.57. The van der Waals surface area contributed by atoms with E-state index in [1.54, 1.807) is 0 Å². The number of allylic oxidation sites excluding steroid dienone is 1. The molecule has 1 rings (SSSR count). The predicted octanol–water partition coefficient (Wildman–Crippen LogP) is 5.93. The van der Waals surface area contributed by atoms with E-state index in [0.29, 0.717) is 6.04 Å². The van der Waals surface area contributed by atoms with Crippen LogP contribution in [0.15, 0.2) is 35.3 Å². The number of benzene rings is 1. The van der Waals surface area contributed by atoms with Crippen LogP contribution in [0, 0.1) is 6.92 Å². The third-order valence-electron chi connectivity index (χ3n) is 3.64. The lowest BCUT2D eigenvalue weighted by molar-refractivity contribution is 0.472. The largest absolute Gasteiger partial charge is 0.310 e. The summed E-state index contributed by atoms with van der Waals surface area (Å²) in [7, 11) is 0. The Morgan fingerprint density at radius 2 is 2.10 bits per heavy atom.